The van der Waals surface area contributed by atoms with Crippen molar-refractivity contribution >= 4 is 38.8 Å². The number of benzene rings is 1. The fourth-order valence-corrected chi connectivity index (χ4v) is 5.48. The first-order valence-electron chi connectivity index (χ1n) is 8.80. The Morgan fingerprint density at radius 1 is 1.19 bits per heavy atom. The van der Waals surface area contributed by atoms with Gasteiger partial charge in [0.15, 0.2) is 0 Å². The predicted molar refractivity (Wildman–Crippen MR) is 104 cm³/mol. The summed E-state index contributed by atoms with van der Waals surface area (Å²) in [5.41, 5.74) is 2.31. The molecule has 2 aromatic rings. The SMILES string of the molecule is O=C(c1cccs1)N1CCc2ccc(NS(=O)(=O)NC3CCCC3)cc21. The van der Waals surface area contributed by atoms with E-state index in [0.29, 0.717) is 17.1 Å². The molecule has 1 aromatic carbocycles. The van der Waals surface area contributed by atoms with Crippen molar-refractivity contribution in [3.63, 3.8) is 0 Å². The summed E-state index contributed by atoms with van der Waals surface area (Å²) >= 11 is 1.41. The Kier molecular flexibility index (Phi) is 4.73. The van der Waals surface area contributed by atoms with Crippen LogP contribution in [-0.4, -0.2) is 26.9 Å². The van der Waals surface area contributed by atoms with E-state index in [2.05, 4.69) is 9.44 Å². The van der Waals surface area contributed by atoms with Crippen LogP contribution in [0.15, 0.2) is 35.7 Å². The third kappa shape index (κ3) is 3.62. The van der Waals surface area contributed by atoms with Crippen LogP contribution in [0.4, 0.5) is 11.4 Å². The molecule has 2 heterocycles. The summed E-state index contributed by atoms with van der Waals surface area (Å²) in [5, 5.41) is 1.88. The Morgan fingerprint density at radius 2 is 2.00 bits per heavy atom. The van der Waals surface area contributed by atoms with Crippen molar-refractivity contribution in [2.75, 3.05) is 16.2 Å². The molecule has 1 aliphatic heterocycles. The zero-order chi connectivity index (χ0) is 18.1. The van der Waals surface area contributed by atoms with Crippen molar-refractivity contribution in [3.05, 3.63) is 46.2 Å². The summed E-state index contributed by atoms with van der Waals surface area (Å²) in [4.78, 5) is 15.1. The third-order valence-electron chi connectivity index (χ3n) is 4.89. The second kappa shape index (κ2) is 7.02. The smallest absolute Gasteiger partial charge is 0.299 e. The molecule has 0 saturated heterocycles. The number of thiophene rings is 1. The third-order valence-corrected chi connectivity index (χ3v) is 6.89. The van der Waals surface area contributed by atoms with Crippen molar-refractivity contribution in [1.82, 2.24) is 4.72 Å². The Balaban J connectivity index is 1.53. The van der Waals surface area contributed by atoms with Gasteiger partial charge in [0.1, 0.15) is 0 Å². The second-order valence-electron chi connectivity index (χ2n) is 6.73. The second-order valence-corrected chi connectivity index (χ2v) is 9.13. The zero-order valence-electron chi connectivity index (χ0n) is 14.3. The van der Waals surface area contributed by atoms with E-state index in [0.717, 1.165) is 43.4 Å². The number of carbonyl (C=O) groups excluding carboxylic acids is 1. The van der Waals surface area contributed by atoms with E-state index in [1.54, 1.807) is 17.0 Å². The van der Waals surface area contributed by atoms with Crippen LogP contribution in [0.25, 0.3) is 0 Å². The average Bonchev–Trinajstić information content (AvgIpc) is 3.35. The highest BCUT2D eigenvalue weighted by Gasteiger charge is 2.27. The minimum atomic E-state index is -3.62. The lowest BCUT2D eigenvalue weighted by Crippen LogP contribution is -2.37. The first kappa shape index (κ1) is 17.5. The predicted octanol–water partition coefficient (Wildman–Crippen LogP) is 3.14. The summed E-state index contributed by atoms with van der Waals surface area (Å²) in [6.45, 7) is 0.614. The Labute approximate surface area is 157 Å². The number of fused-ring (bicyclic) bond motifs is 1. The Bertz CT molecular complexity index is 904. The fraction of sp³-hybridized carbons (Fsp3) is 0.389. The van der Waals surface area contributed by atoms with Crippen molar-refractivity contribution in [3.8, 4) is 0 Å². The van der Waals surface area contributed by atoms with E-state index < -0.39 is 10.2 Å². The molecule has 138 valence electrons. The molecule has 1 aliphatic carbocycles. The van der Waals surface area contributed by atoms with Gasteiger partial charge in [0.25, 0.3) is 16.1 Å². The average molecular weight is 392 g/mol. The highest BCUT2D eigenvalue weighted by atomic mass is 32.2. The van der Waals surface area contributed by atoms with E-state index in [4.69, 9.17) is 0 Å². The van der Waals surface area contributed by atoms with Crippen LogP contribution >= 0.6 is 11.3 Å². The summed E-state index contributed by atoms with van der Waals surface area (Å²) in [6.07, 6.45) is 4.67. The number of nitrogens with one attached hydrogen (secondary N) is 2. The normalized spacial score (nSPS) is 17.5. The molecular formula is C18H21N3O3S2. The lowest BCUT2D eigenvalue weighted by molar-refractivity contribution is 0.0993. The first-order chi connectivity index (χ1) is 12.5. The molecule has 8 heteroatoms. The van der Waals surface area contributed by atoms with Crippen LogP contribution in [0.2, 0.25) is 0 Å². The van der Waals surface area contributed by atoms with Gasteiger partial charge in [-0.2, -0.15) is 13.1 Å². The highest BCUT2D eigenvalue weighted by molar-refractivity contribution is 7.90. The van der Waals surface area contributed by atoms with Gasteiger partial charge in [-0.1, -0.05) is 25.0 Å². The van der Waals surface area contributed by atoms with Crippen LogP contribution in [0.5, 0.6) is 0 Å². The lowest BCUT2D eigenvalue weighted by Gasteiger charge is -2.18. The first-order valence-corrected chi connectivity index (χ1v) is 11.2. The maximum atomic E-state index is 12.7. The largest absolute Gasteiger partial charge is 0.307 e. The molecule has 2 N–H and O–H groups in total. The quantitative estimate of drug-likeness (QED) is 0.822. The van der Waals surface area contributed by atoms with Crippen LogP contribution in [0.3, 0.4) is 0 Å². The Hall–Kier alpha value is -1.90. The van der Waals surface area contributed by atoms with Gasteiger partial charge in [-0.05, 0) is 48.4 Å². The number of rotatable bonds is 5. The number of nitrogens with zero attached hydrogens (tertiary/aromatic N) is 1. The van der Waals surface area contributed by atoms with Gasteiger partial charge in [-0.15, -0.1) is 11.3 Å². The van der Waals surface area contributed by atoms with Gasteiger partial charge in [-0.3, -0.25) is 9.52 Å². The molecule has 1 amide bonds. The van der Waals surface area contributed by atoms with Gasteiger partial charge in [0.2, 0.25) is 0 Å². The lowest BCUT2D eigenvalue weighted by atomic mass is 10.1. The molecule has 1 saturated carbocycles. The maximum Gasteiger partial charge on any atom is 0.299 e. The van der Waals surface area contributed by atoms with Gasteiger partial charge in [0.05, 0.1) is 10.6 Å². The van der Waals surface area contributed by atoms with Gasteiger partial charge >= 0.3 is 0 Å². The molecule has 0 spiro atoms. The van der Waals surface area contributed by atoms with Crippen LogP contribution in [0, 0.1) is 0 Å². The number of anilines is 2. The zero-order valence-corrected chi connectivity index (χ0v) is 15.9. The van der Waals surface area contributed by atoms with E-state index >= 15 is 0 Å². The molecule has 1 fully saturated rings. The molecule has 2 aliphatic rings. The Morgan fingerprint density at radius 3 is 2.73 bits per heavy atom. The number of carbonyl (C=O) groups is 1. The van der Waals surface area contributed by atoms with Gasteiger partial charge in [-0.25, -0.2) is 0 Å². The summed E-state index contributed by atoms with van der Waals surface area (Å²) < 4.78 is 30.0. The van der Waals surface area contributed by atoms with Crippen molar-refractivity contribution < 1.29 is 13.2 Å². The standard InChI is InChI=1S/C18H21N3O3S2/c22-18(17-6-3-11-25-17)21-10-9-13-7-8-15(12-16(13)21)20-26(23,24)19-14-4-1-2-5-14/h3,6-8,11-12,14,19-20H,1-2,4-5,9-10H2. The molecule has 0 atom stereocenters. The molecule has 1 aromatic heterocycles. The van der Waals surface area contributed by atoms with Gasteiger partial charge < -0.3 is 4.90 Å². The fourth-order valence-electron chi connectivity index (χ4n) is 3.63. The molecule has 0 bridgehead atoms. The van der Waals surface area contributed by atoms with Crippen molar-refractivity contribution in [2.45, 2.75) is 38.1 Å². The number of amides is 1. The van der Waals surface area contributed by atoms with Crippen molar-refractivity contribution in [2.24, 2.45) is 0 Å². The molecule has 6 nitrogen and oxygen atoms in total. The van der Waals surface area contributed by atoms with Crippen LogP contribution < -0.4 is 14.3 Å². The van der Waals surface area contributed by atoms with E-state index in [-0.39, 0.29) is 11.9 Å². The molecular weight excluding hydrogens is 370 g/mol. The van der Waals surface area contributed by atoms with Crippen molar-refractivity contribution in [1.29, 1.82) is 0 Å². The molecule has 0 radical (unpaired) electrons. The molecule has 0 unspecified atom stereocenters. The monoisotopic (exact) mass is 391 g/mol. The summed E-state index contributed by atoms with van der Waals surface area (Å²) in [7, 11) is -3.62. The van der Waals surface area contributed by atoms with E-state index in [1.165, 1.54) is 11.3 Å². The highest BCUT2D eigenvalue weighted by Crippen LogP contribution is 2.33. The minimum Gasteiger partial charge on any atom is -0.307 e. The van der Waals surface area contributed by atoms with E-state index in [1.807, 2.05) is 23.6 Å². The van der Waals surface area contributed by atoms with Gasteiger partial charge in [0, 0.05) is 18.3 Å². The molecule has 26 heavy (non-hydrogen) atoms. The number of hydrogen-bond donors (Lipinski definition) is 2. The maximum absolute atomic E-state index is 12.7. The minimum absolute atomic E-state index is 0.0128. The summed E-state index contributed by atoms with van der Waals surface area (Å²) in [5.74, 6) is -0.0390. The molecule has 4 rings (SSSR count). The van der Waals surface area contributed by atoms with Crippen LogP contribution in [-0.2, 0) is 16.6 Å². The van der Waals surface area contributed by atoms with E-state index in [9.17, 15) is 13.2 Å². The number of hydrogen-bond acceptors (Lipinski definition) is 4. The topological polar surface area (TPSA) is 78.5 Å². The van der Waals surface area contributed by atoms with Crippen LogP contribution in [0.1, 0.15) is 40.9 Å². The summed E-state index contributed by atoms with van der Waals surface area (Å²) in [6, 6.07) is 9.08.